The first kappa shape index (κ1) is 12.6. The predicted molar refractivity (Wildman–Crippen MR) is 70.8 cm³/mol. The van der Waals surface area contributed by atoms with E-state index >= 15 is 0 Å². The van der Waals surface area contributed by atoms with Crippen LogP contribution < -0.4 is 5.32 Å². The highest BCUT2D eigenvalue weighted by atomic mass is 15.3. The first-order valence-electron chi connectivity index (χ1n) is 6.89. The lowest BCUT2D eigenvalue weighted by atomic mass is 9.84. The van der Waals surface area contributed by atoms with E-state index in [1.165, 1.54) is 37.8 Å². The van der Waals surface area contributed by atoms with Crippen molar-refractivity contribution in [2.45, 2.75) is 58.5 Å². The average Bonchev–Trinajstić information content (AvgIpc) is 2.66. The quantitative estimate of drug-likeness (QED) is 0.869. The molecule has 2 rings (SSSR count). The topological polar surface area (TPSA) is 29.9 Å². The van der Waals surface area contributed by atoms with Crippen molar-refractivity contribution in [3.8, 4) is 0 Å². The number of nitrogens with zero attached hydrogens (tertiary/aromatic N) is 2. The Morgan fingerprint density at radius 2 is 2.12 bits per heavy atom. The minimum Gasteiger partial charge on any atom is -0.308 e. The molecule has 3 nitrogen and oxygen atoms in total. The normalized spacial score (nSPS) is 19.5. The molecule has 1 aliphatic rings. The minimum absolute atomic E-state index is 0.630. The van der Waals surface area contributed by atoms with E-state index in [0.717, 1.165) is 18.2 Å². The van der Waals surface area contributed by atoms with Gasteiger partial charge in [0.2, 0.25) is 0 Å². The van der Waals surface area contributed by atoms with Crippen LogP contribution in [0.5, 0.6) is 0 Å². The monoisotopic (exact) mass is 235 g/mol. The summed E-state index contributed by atoms with van der Waals surface area (Å²) in [6, 6.07) is 2.80. The number of hydrogen-bond acceptors (Lipinski definition) is 2. The molecule has 17 heavy (non-hydrogen) atoms. The molecule has 0 radical (unpaired) electrons. The van der Waals surface area contributed by atoms with Crippen molar-refractivity contribution < 1.29 is 0 Å². The second kappa shape index (κ2) is 5.67. The molecule has 0 unspecified atom stereocenters. The van der Waals surface area contributed by atoms with E-state index < -0.39 is 0 Å². The van der Waals surface area contributed by atoms with Crippen molar-refractivity contribution in [2.75, 3.05) is 0 Å². The summed E-state index contributed by atoms with van der Waals surface area (Å²) in [5.74, 6) is 0.873. The molecular formula is C14H25N3. The molecule has 0 aromatic carbocycles. The Morgan fingerprint density at radius 3 is 2.71 bits per heavy atom. The maximum Gasteiger partial charge on any atom is 0.0597 e. The largest absolute Gasteiger partial charge is 0.308 e. The summed E-state index contributed by atoms with van der Waals surface area (Å²) >= 11 is 0. The zero-order chi connectivity index (χ0) is 12.3. The molecule has 0 spiro atoms. The summed E-state index contributed by atoms with van der Waals surface area (Å²) in [6.07, 6.45) is 7.07. The Balaban J connectivity index is 1.82. The fourth-order valence-electron chi connectivity index (χ4n) is 2.90. The summed E-state index contributed by atoms with van der Waals surface area (Å²) in [7, 11) is 2.02. The van der Waals surface area contributed by atoms with Crippen molar-refractivity contribution in [3.05, 3.63) is 17.5 Å². The van der Waals surface area contributed by atoms with Crippen LogP contribution >= 0.6 is 0 Å². The van der Waals surface area contributed by atoms with Crippen LogP contribution in [0.3, 0.4) is 0 Å². The first-order valence-corrected chi connectivity index (χ1v) is 6.89. The van der Waals surface area contributed by atoms with Gasteiger partial charge in [0.25, 0.3) is 0 Å². The van der Waals surface area contributed by atoms with Gasteiger partial charge in [0.1, 0.15) is 0 Å². The van der Waals surface area contributed by atoms with Gasteiger partial charge in [0.15, 0.2) is 0 Å². The molecule has 0 saturated heterocycles. The second-order valence-electron chi connectivity index (χ2n) is 5.47. The van der Waals surface area contributed by atoms with Crippen LogP contribution in [0.4, 0.5) is 0 Å². The van der Waals surface area contributed by atoms with E-state index in [1.807, 2.05) is 18.7 Å². The average molecular weight is 235 g/mol. The van der Waals surface area contributed by atoms with Crippen LogP contribution in [0.25, 0.3) is 0 Å². The van der Waals surface area contributed by atoms with Crippen molar-refractivity contribution in [2.24, 2.45) is 13.0 Å². The maximum absolute atomic E-state index is 4.38. The lowest BCUT2D eigenvalue weighted by molar-refractivity contribution is 0.279. The van der Waals surface area contributed by atoms with Crippen LogP contribution in [-0.2, 0) is 13.6 Å². The standard InChI is InChI=1S/C14H25N3/c1-11-9-14(17(3)16-11)10-15-12(2)13-7-5-4-6-8-13/h9,12-13,15H,4-8,10H2,1-3H3/t12-/m0/s1. The molecule has 1 aromatic rings. The van der Waals surface area contributed by atoms with Gasteiger partial charge in [-0.25, -0.2) is 0 Å². The van der Waals surface area contributed by atoms with Gasteiger partial charge in [-0.3, -0.25) is 4.68 Å². The maximum atomic E-state index is 4.38. The highest BCUT2D eigenvalue weighted by Crippen LogP contribution is 2.26. The summed E-state index contributed by atoms with van der Waals surface area (Å²) < 4.78 is 1.98. The van der Waals surface area contributed by atoms with Gasteiger partial charge in [-0.15, -0.1) is 0 Å². The lowest BCUT2D eigenvalue weighted by Gasteiger charge is -2.28. The lowest BCUT2D eigenvalue weighted by Crippen LogP contribution is -2.34. The number of aryl methyl sites for hydroxylation is 2. The van der Waals surface area contributed by atoms with Crippen LogP contribution in [-0.4, -0.2) is 15.8 Å². The molecule has 0 bridgehead atoms. The van der Waals surface area contributed by atoms with Crippen LogP contribution in [0.15, 0.2) is 6.07 Å². The molecule has 1 fully saturated rings. The highest BCUT2D eigenvalue weighted by molar-refractivity contribution is 5.08. The summed E-state index contributed by atoms with van der Waals surface area (Å²) in [5.41, 5.74) is 2.39. The van der Waals surface area contributed by atoms with Crippen molar-refractivity contribution >= 4 is 0 Å². The fourth-order valence-corrected chi connectivity index (χ4v) is 2.90. The van der Waals surface area contributed by atoms with Crippen LogP contribution in [0.2, 0.25) is 0 Å². The SMILES string of the molecule is Cc1cc(CN[C@@H](C)C2CCCCC2)n(C)n1. The zero-order valence-electron chi connectivity index (χ0n) is 11.4. The van der Waals surface area contributed by atoms with E-state index in [4.69, 9.17) is 0 Å². The van der Waals surface area contributed by atoms with E-state index in [0.29, 0.717) is 6.04 Å². The molecule has 96 valence electrons. The third-order valence-electron chi connectivity index (χ3n) is 4.06. The van der Waals surface area contributed by atoms with E-state index in [2.05, 4.69) is 23.4 Å². The van der Waals surface area contributed by atoms with Crippen molar-refractivity contribution in [1.82, 2.24) is 15.1 Å². The zero-order valence-corrected chi connectivity index (χ0v) is 11.4. The second-order valence-corrected chi connectivity index (χ2v) is 5.47. The molecule has 1 heterocycles. The van der Waals surface area contributed by atoms with Crippen molar-refractivity contribution in [1.29, 1.82) is 0 Å². The summed E-state index contributed by atoms with van der Waals surface area (Å²) in [6.45, 7) is 5.32. The smallest absolute Gasteiger partial charge is 0.0597 e. The van der Waals surface area contributed by atoms with Gasteiger partial charge in [-0.2, -0.15) is 5.10 Å². The Kier molecular flexibility index (Phi) is 4.21. The van der Waals surface area contributed by atoms with Gasteiger partial charge in [0.05, 0.1) is 11.4 Å². The Hall–Kier alpha value is -0.830. The highest BCUT2D eigenvalue weighted by Gasteiger charge is 2.19. The number of hydrogen-bond donors (Lipinski definition) is 1. The molecule has 1 aromatic heterocycles. The Morgan fingerprint density at radius 1 is 1.41 bits per heavy atom. The molecule has 1 atom stereocenters. The van der Waals surface area contributed by atoms with Gasteiger partial charge in [0, 0.05) is 19.6 Å². The molecule has 1 aliphatic carbocycles. The van der Waals surface area contributed by atoms with Gasteiger partial charge in [-0.05, 0) is 38.7 Å². The first-order chi connectivity index (χ1) is 8.16. The van der Waals surface area contributed by atoms with E-state index in [-0.39, 0.29) is 0 Å². The number of rotatable bonds is 4. The van der Waals surface area contributed by atoms with Crippen LogP contribution in [0, 0.1) is 12.8 Å². The fraction of sp³-hybridized carbons (Fsp3) is 0.786. The van der Waals surface area contributed by atoms with Gasteiger partial charge < -0.3 is 5.32 Å². The Labute approximate surface area is 105 Å². The molecule has 0 aliphatic heterocycles. The molecule has 1 saturated carbocycles. The van der Waals surface area contributed by atoms with E-state index in [1.54, 1.807) is 0 Å². The predicted octanol–water partition coefficient (Wildman–Crippen LogP) is 2.79. The Bertz CT molecular complexity index is 350. The molecule has 1 N–H and O–H groups in total. The summed E-state index contributed by atoms with van der Waals surface area (Å²) in [4.78, 5) is 0. The summed E-state index contributed by atoms with van der Waals surface area (Å²) in [5, 5.41) is 8.04. The van der Waals surface area contributed by atoms with Gasteiger partial charge in [-0.1, -0.05) is 19.3 Å². The van der Waals surface area contributed by atoms with Crippen LogP contribution in [0.1, 0.15) is 50.4 Å². The van der Waals surface area contributed by atoms with E-state index in [9.17, 15) is 0 Å². The third kappa shape index (κ3) is 3.32. The minimum atomic E-state index is 0.630. The molecular weight excluding hydrogens is 210 g/mol. The number of nitrogens with one attached hydrogen (secondary N) is 1. The number of aromatic nitrogens is 2. The van der Waals surface area contributed by atoms with Crippen molar-refractivity contribution in [3.63, 3.8) is 0 Å². The third-order valence-corrected chi connectivity index (χ3v) is 4.06. The van der Waals surface area contributed by atoms with Gasteiger partial charge >= 0.3 is 0 Å². The molecule has 0 amide bonds. The molecule has 3 heteroatoms.